The second-order valence-electron chi connectivity index (χ2n) is 10.9. The van der Waals surface area contributed by atoms with Crippen LogP contribution in [0.3, 0.4) is 0 Å². The molecule has 0 N–H and O–H groups in total. The summed E-state index contributed by atoms with van der Waals surface area (Å²) in [4.78, 5) is 25.2. The first kappa shape index (κ1) is 28.9. The molecule has 0 amide bonds. The molecule has 2 heterocycles. The fraction of sp³-hybridized carbons (Fsp3) is 0.242. The molecule has 0 aliphatic heterocycles. The molecule has 1 saturated carbocycles. The van der Waals surface area contributed by atoms with Gasteiger partial charge < -0.3 is 14.0 Å². The van der Waals surface area contributed by atoms with Crippen molar-refractivity contribution < 1.29 is 27.4 Å². The van der Waals surface area contributed by atoms with E-state index in [0.29, 0.717) is 34.5 Å². The molecule has 6 rings (SSSR count). The number of ether oxygens (including phenoxy) is 2. The molecular weight excluding hydrogens is 571 g/mol. The van der Waals surface area contributed by atoms with Gasteiger partial charge in [0.15, 0.2) is 0 Å². The van der Waals surface area contributed by atoms with E-state index in [1.165, 1.54) is 37.6 Å². The van der Waals surface area contributed by atoms with Crippen LogP contribution >= 0.6 is 0 Å². The Morgan fingerprint density at radius 3 is 2.59 bits per heavy atom. The van der Waals surface area contributed by atoms with Crippen LogP contribution in [0.1, 0.15) is 45.7 Å². The summed E-state index contributed by atoms with van der Waals surface area (Å²) in [7, 11) is 1.31. The van der Waals surface area contributed by atoms with Gasteiger partial charge in [-0.25, -0.2) is 23.5 Å². The number of fused-ring (bicyclic) bond motifs is 1. The smallest absolute Gasteiger partial charge is 0.337 e. The van der Waals surface area contributed by atoms with E-state index in [9.17, 15) is 13.6 Å². The van der Waals surface area contributed by atoms with Gasteiger partial charge in [0.05, 0.1) is 47.7 Å². The van der Waals surface area contributed by atoms with E-state index in [0.717, 1.165) is 18.9 Å². The van der Waals surface area contributed by atoms with Crippen LogP contribution in [-0.2, 0) is 24.3 Å². The van der Waals surface area contributed by atoms with Crippen LogP contribution in [0.5, 0.6) is 6.01 Å². The highest BCUT2D eigenvalue weighted by molar-refractivity contribution is 5.93. The number of nitriles is 1. The number of carbonyl (C=O) groups excluding carboxylic acids is 1. The lowest BCUT2D eigenvalue weighted by atomic mass is 10.1. The van der Waals surface area contributed by atoms with E-state index in [-0.39, 0.29) is 41.4 Å². The number of imidazole rings is 1. The molecule has 8 nitrogen and oxygen atoms in total. The molecule has 0 saturated heterocycles. The second-order valence-corrected chi connectivity index (χ2v) is 10.9. The maximum atomic E-state index is 15.5. The first-order chi connectivity index (χ1) is 21.3. The summed E-state index contributed by atoms with van der Waals surface area (Å²) in [5.41, 5.74) is 2.79. The van der Waals surface area contributed by atoms with Gasteiger partial charge in [0, 0.05) is 35.7 Å². The van der Waals surface area contributed by atoms with Crippen molar-refractivity contribution in [2.75, 3.05) is 13.8 Å². The van der Waals surface area contributed by atoms with Crippen molar-refractivity contribution in [3.05, 3.63) is 107 Å². The van der Waals surface area contributed by atoms with E-state index in [2.05, 4.69) is 9.97 Å². The average Bonchev–Trinajstić information content (AvgIpc) is 3.75. The zero-order chi connectivity index (χ0) is 30.8. The molecule has 3 aromatic carbocycles. The standard InChI is InChI=1S/C33H26F3N5O3/c1-43-31(42)22-5-7-28-29(15-22)41(19-33(18-34)9-10-33)30(39-28)14-20-3-6-24(26(36)12-20)27-8-11-38-32(40-27)44-17-23-4-2-21(16-37)13-25(23)35/h2-8,11-13,15H,9-10,14,17-19H2,1H3. The van der Waals surface area contributed by atoms with Crippen LogP contribution in [0.4, 0.5) is 13.2 Å². The molecule has 44 heavy (non-hydrogen) atoms. The van der Waals surface area contributed by atoms with Gasteiger partial charge in [-0.05, 0) is 66.9 Å². The normalized spacial score (nSPS) is 13.4. The Bertz CT molecular complexity index is 1930. The minimum absolute atomic E-state index is 0.0587. The first-order valence-corrected chi connectivity index (χ1v) is 13.9. The molecular formula is C33H26F3N5O3. The van der Waals surface area contributed by atoms with Crippen molar-refractivity contribution in [1.29, 1.82) is 5.26 Å². The van der Waals surface area contributed by atoms with Crippen molar-refractivity contribution >= 4 is 17.0 Å². The quantitative estimate of drug-likeness (QED) is 0.173. The summed E-state index contributed by atoms with van der Waals surface area (Å²) in [5, 5.41) is 8.91. The lowest BCUT2D eigenvalue weighted by Crippen LogP contribution is -2.16. The van der Waals surface area contributed by atoms with Crippen molar-refractivity contribution in [2.24, 2.45) is 5.41 Å². The van der Waals surface area contributed by atoms with Crippen LogP contribution in [0.25, 0.3) is 22.3 Å². The van der Waals surface area contributed by atoms with E-state index in [1.54, 1.807) is 30.3 Å². The first-order valence-electron chi connectivity index (χ1n) is 13.9. The number of methoxy groups -OCH3 is 1. The molecule has 1 aliphatic carbocycles. The molecule has 5 aromatic rings. The van der Waals surface area contributed by atoms with Crippen molar-refractivity contribution in [3.8, 4) is 23.3 Å². The Morgan fingerprint density at radius 1 is 1.05 bits per heavy atom. The Morgan fingerprint density at radius 2 is 1.89 bits per heavy atom. The Balaban J connectivity index is 1.24. The summed E-state index contributed by atoms with van der Waals surface area (Å²) in [6.07, 6.45) is 3.21. The lowest BCUT2D eigenvalue weighted by molar-refractivity contribution is 0.0601. The third kappa shape index (κ3) is 5.83. The predicted octanol–water partition coefficient (Wildman–Crippen LogP) is 6.35. The summed E-state index contributed by atoms with van der Waals surface area (Å²) in [6, 6.07) is 17.2. The number of rotatable bonds is 10. The van der Waals surface area contributed by atoms with E-state index in [4.69, 9.17) is 19.7 Å². The number of alkyl halides is 1. The number of benzene rings is 3. The monoisotopic (exact) mass is 597 g/mol. The van der Waals surface area contributed by atoms with Crippen LogP contribution < -0.4 is 4.74 Å². The maximum Gasteiger partial charge on any atom is 0.337 e. The topological polar surface area (TPSA) is 103 Å². The molecule has 0 spiro atoms. The molecule has 0 unspecified atom stereocenters. The van der Waals surface area contributed by atoms with E-state index >= 15 is 4.39 Å². The summed E-state index contributed by atoms with van der Waals surface area (Å²) in [6.45, 7) is -0.232. The minimum Gasteiger partial charge on any atom is -0.465 e. The molecule has 0 atom stereocenters. The van der Waals surface area contributed by atoms with Gasteiger partial charge in [-0.3, -0.25) is 4.39 Å². The van der Waals surface area contributed by atoms with Gasteiger partial charge in [0.1, 0.15) is 24.1 Å². The summed E-state index contributed by atoms with van der Waals surface area (Å²) < 4.78 is 55.9. The van der Waals surface area contributed by atoms with Crippen molar-refractivity contribution in [3.63, 3.8) is 0 Å². The van der Waals surface area contributed by atoms with Crippen LogP contribution in [0, 0.1) is 28.4 Å². The molecule has 222 valence electrons. The Kier molecular flexibility index (Phi) is 7.74. The molecule has 11 heteroatoms. The number of hydrogen-bond acceptors (Lipinski definition) is 7. The van der Waals surface area contributed by atoms with Gasteiger partial charge in [-0.2, -0.15) is 10.2 Å². The fourth-order valence-corrected chi connectivity index (χ4v) is 5.07. The number of esters is 1. The molecule has 0 bridgehead atoms. The van der Waals surface area contributed by atoms with Gasteiger partial charge in [-0.1, -0.05) is 12.1 Å². The van der Waals surface area contributed by atoms with Gasteiger partial charge in [0.2, 0.25) is 0 Å². The van der Waals surface area contributed by atoms with Crippen molar-refractivity contribution in [2.45, 2.75) is 32.4 Å². The number of aromatic nitrogens is 4. The highest BCUT2D eigenvalue weighted by Crippen LogP contribution is 2.48. The highest BCUT2D eigenvalue weighted by Gasteiger charge is 2.43. The molecule has 2 aromatic heterocycles. The summed E-state index contributed by atoms with van der Waals surface area (Å²) in [5.74, 6) is -0.966. The van der Waals surface area contributed by atoms with E-state index in [1.807, 2.05) is 10.6 Å². The maximum absolute atomic E-state index is 15.5. The number of halogens is 3. The molecule has 1 aliphatic rings. The number of carbonyl (C=O) groups is 1. The van der Waals surface area contributed by atoms with Gasteiger partial charge in [-0.15, -0.1) is 0 Å². The largest absolute Gasteiger partial charge is 0.465 e. The molecule has 0 radical (unpaired) electrons. The summed E-state index contributed by atoms with van der Waals surface area (Å²) >= 11 is 0. The van der Waals surface area contributed by atoms with Crippen molar-refractivity contribution in [1.82, 2.24) is 19.5 Å². The number of hydrogen-bond donors (Lipinski definition) is 0. The third-order valence-corrected chi connectivity index (χ3v) is 7.83. The Hall–Kier alpha value is -5.24. The zero-order valence-electron chi connectivity index (χ0n) is 23.7. The van der Waals surface area contributed by atoms with Crippen LogP contribution in [0.2, 0.25) is 0 Å². The van der Waals surface area contributed by atoms with Crippen LogP contribution in [-0.4, -0.2) is 39.3 Å². The number of nitrogens with zero attached hydrogens (tertiary/aromatic N) is 5. The lowest BCUT2D eigenvalue weighted by Gasteiger charge is -2.16. The third-order valence-electron chi connectivity index (χ3n) is 7.83. The van der Waals surface area contributed by atoms with E-state index < -0.39 is 29.7 Å². The SMILES string of the molecule is COC(=O)c1ccc2nc(Cc3ccc(-c4ccnc(OCc5ccc(C#N)cc5F)n4)c(F)c3)n(CC3(CF)CC3)c2c1. The highest BCUT2D eigenvalue weighted by atomic mass is 19.1. The minimum atomic E-state index is -0.587. The van der Waals surface area contributed by atoms with Gasteiger partial charge in [0.25, 0.3) is 0 Å². The second kappa shape index (κ2) is 11.8. The Labute approximate surface area is 250 Å². The average molecular weight is 598 g/mol. The zero-order valence-corrected chi connectivity index (χ0v) is 23.7. The fourth-order valence-electron chi connectivity index (χ4n) is 5.07. The predicted molar refractivity (Wildman–Crippen MR) is 154 cm³/mol. The molecule has 1 fully saturated rings. The van der Waals surface area contributed by atoms with Crippen LogP contribution in [0.15, 0.2) is 66.9 Å². The van der Waals surface area contributed by atoms with Gasteiger partial charge >= 0.3 is 12.0 Å².